The van der Waals surface area contributed by atoms with Crippen molar-refractivity contribution in [2.75, 3.05) is 19.7 Å². The van der Waals surface area contributed by atoms with Crippen molar-refractivity contribution in [3.05, 3.63) is 54.1 Å². The molecule has 2 saturated heterocycles. The molecule has 2 aromatic carbocycles. The molecule has 0 aliphatic carbocycles. The van der Waals surface area contributed by atoms with Gasteiger partial charge in [-0.1, -0.05) is 35.6 Å². The van der Waals surface area contributed by atoms with Gasteiger partial charge >= 0.3 is 6.09 Å². The van der Waals surface area contributed by atoms with Crippen molar-refractivity contribution in [2.24, 2.45) is 0 Å². The summed E-state index contributed by atoms with van der Waals surface area (Å²) in [6.45, 7) is 3.43. The van der Waals surface area contributed by atoms with E-state index in [4.69, 9.17) is 14.2 Å². The second kappa shape index (κ2) is 9.85. The third-order valence-corrected chi connectivity index (χ3v) is 6.76. The predicted molar refractivity (Wildman–Crippen MR) is 123 cm³/mol. The van der Waals surface area contributed by atoms with E-state index in [0.717, 1.165) is 61.3 Å². The van der Waals surface area contributed by atoms with Crippen LogP contribution in [-0.2, 0) is 16.0 Å². The second-order valence-electron chi connectivity index (χ2n) is 8.24. The van der Waals surface area contributed by atoms with Crippen LogP contribution in [0.3, 0.4) is 0 Å². The van der Waals surface area contributed by atoms with Gasteiger partial charge < -0.3 is 19.5 Å². The molecule has 32 heavy (non-hydrogen) atoms. The van der Waals surface area contributed by atoms with Crippen molar-refractivity contribution in [1.82, 2.24) is 15.2 Å². The quantitative estimate of drug-likeness (QED) is 0.571. The van der Waals surface area contributed by atoms with Crippen molar-refractivity contribution >= 4 is 27.6 Å². The first kappa shape index (κ1) is 21.2. The molecule has 0 bridgehead atoms. The molecular formula is C24H27N3O4S. The average Bonchev–Trinajstić information content (AvgIpc) is 3.45. The lowest BCUT2D eigenvalue weighted by Crippen LogP contribution is -2.45. The standard InChI is InChI=1S/C24H27N3O4S/c28-23(31-22-6-3-15-29-22)25-18-11-13-27(14-12-18)16-17-7-9-19(10-8-17)30-24-26-20-4-1-2-5-21(20)32-24/h1-2,4-5,7-10,18,22H,3,6,11-16H2,(H,25,28). The van der Waals surface area contributed by atoms with Crippen molar-refractivity contribution in [1.29, 1.82) is 0 Å². The molecule has 2 aliphatic rings. The summed E-state index contributed by atoms with van der Waals surface area (Å²) >= 11 is 1.55. The lowest BCUT2D eigenvalue weighted by atomic mass is 10.0. The highest BCUT2D eigenvalue weighted by Crippen LogP contribution is 2.31. The number of fused-ring (bicyclic) bond motifs is 1. The number of benzene rings is 2. The SMILES string of the molecule is O=C(NC1CCN(Cc2ccc(Oc3nc4ccccc4s3)cc2)CC1)OC1CCCO1. The van der Waals surface area contributed by atoms with Gasteiger partial charge in [0.05, 0.1) is 16.8 Å². The van der Waals surface area contributed by atoms with Gasteiger partial charge in [0.1, 0.15) is 5.75 Å². The summed E-state index contributed by atoms with van der Waals surface area (Å²) < 4.78 is 17.7. The van der Waals surface area contributed by atoms with Gasteiger partial charge in [-0.2, -0.15) is 0 Å². The third-order valence-electron chi connectivity index (χ3n) is 5.84. The Kier molecular flexibility index (Phi) is 6.52. The maximum Gasteiger partial charge on any atom is 0.409 e. The fourth-order valence-electron chi connectivity index (χ4n) is 4.11. The third kappa shape index (κ3) is 5.38. The number of nitrogens with zero attached hydrogens (tertiary/aromatic N) is 2. The van der Waals surface area contributed by atoms with Crippen LogP contribution >= 0.6 is 11.3 Å². The molecule has 1 atom stereocenters. The van der Waals surface area contributed by atoms with E-state index in [2.05, 4.69) is 33.4 Å². The van der Waals surface area contributed by atoms with Gasteiger partial charge in [0.25, 0.3) is 5.19 Å². The second-order valence-corrected chi connectivity index (χ2v) is 9.23. The van der Waals surface area contributed by atoms with Crippen molar-refractivity contribution in [2.45, 2.75) is 44.6 Å². The zero-order valence-electron chi connectivity index (χ0n) is 17.9. The Morgan fingerprint density at radius 3 is 2.69 bits per heavy atom. The number of hydrogen-bond donors (Lipinski definition) is 1. The van der Waals surface area contributed by atoms with E-state index >= 15 is 0 Å². The first-order chi connectivity index (χ1) is 15.7. The summed E-state index contributed by atoms with van der Waals surface area (Å²) in [7, 11) is 0. The summed E-state index contributed by atoms with van der Waals surface area (Å²) in [6.07, 6.45) is 2.83. The molecule has 1 unspecified atom stereocenters. The van der Waals surface area contributed by atoms with E-state index in [9.17, 15) is 4.79 Å². The Morgan fingerprint density at radius 1 is 1.12 bits per heavy atom. The summed E-state index contributed by atoms with van der Waals surface area (Å²) in [5.41, 5.74) is 2.20. The molecule has 0 radical (unpaired) electrons. The molecule has 3 heterocycles. The summed E-state index contributed by atoms with van der Waals surface area (Å²) in [4.78, 5) is 18.9. The van der Waals surface area contributed by atoms with Gasteiger partial charge in [-0.3, -0.25) is 4.90 Å². The number of carbonyl (C=O) groups excluding carboxylic acids is 1. The van der Waals surface area contributed by atoms with Gasteiger partial charge in [0.2, 0.25) is 6.29 Å². The largest absolute Gasteiger partial charge is 0.431 e. The Balaban J connectivity index is 1.07. The zero-order valence-corrected chi connectivity index (χ0v) is 18.7. The Morgan fingerprint density at radius 2 is 1.94 bits per heavy atom. The summed E-state index contributed by atoms with van der Waals surface area (Å²) in [5.74, 6) is 0.792. The maximum absolute atomic E-state index is 12.0. The van der Waals surface area contributed by atoms with Gasteiger partial charge in [0.15, 0.2) is 0 Å². The average molecular weight is 454 g/mol. The van der Waals surface area contributed by atoms with Crippen LogP contribution in [0.5, 0.6) is 10.9 Å². The van der Waals surface area contributed by atoms with Crippen LogP contribution in [0.2, 0.25) is 0 Å². The summed E-state index contributed by atoms with van der Waals surface area (Å²) in [5, 5.41) is 3.64. The Bertz CT molecular complexity index is 1010. The number of ether oxygens (including phenoxy) is 3. The van der Waals surface area contributed by atoms with Crippen LogP contribution < -0.4 is 10.1 Å². The summed E-state index contributed by atoms with van der Waals surface area (Å²) in [6, 6.07) is 16.4. The van der Waals surface area contributed by atoms with Gasteiger partial charge in [-0.15, -0.1) is 0 Å². The Labute approximate surface area is 191 Å². The number of aromatic nitrogens is 1. The molecule has 5 rings (SSSR count). The smallest absolute Gasteiger partial charge is 0.409 e. The molecule has 168 valence electrons. The molecule has 7 nitrogen and oxygen atoms in total. The normalized spacial score (nSPS) is 19.8. The molecule has 8 heteroatoms. The van der Waals surface area contributed by atoms with E-state index in [1.54, 1.807) is 11.3 Å². The van der Waals surface area contributed by atoms with E-state index in [1.165, 1.54) is 5.56 Å². The number of amides is 1. The molecule has 1 aromatic heterocycles. The fourth-order valence-corrected chi connectivity index (χ4v) is 4.95. The molecule has 2 aliphatic heterocycles. The number of nitrogens with one attached hydrogen (secondary N) is 1. The van der Waals surface area contributed by atoms with Gasteiger partial charge in [0, 0.05) is 32.1 Å². The minimum atomic E-state index is -0.378. The maximum atomic E-state index is 12.0. The first-order valence-corrected chi connectivity index (χ1v) is 12.0. The number of thiazole rings is 1. The molecule has 0 spiro atoms. The first-order valence-electron chi connectivity index (χ1n) is 11.1. The molecule has 0 saturated carbocycles. The van der Waals surface area contributed by atoms with Crippen LogP contribution in [0.25, 0.3) is 10.2 Å². The van der Waals surface area contributed by atoms with Gasteiger partial charge in [-0.25, -0.2) is 9.78 Å². The lowest BCUT2D eigenvalue weighted by Gasteiger charge is -2.32. The van der Waals surface area contributed by atoms with Gasteiger partial charge in [-0.05, 0) is 49.1 Å². The zero-order chi connectivity index (χ0) is 21.8. The minimum Gasteiger partial charge on any atom is -0.431 e. The highest BCUT2D eigenvalue weighted by molar-refractivity contribution is 7.20. The van der Waals surface area contributed by atoms with Crippen LogP contribution in [0.1, 0.15) is 31.2 Å². The lowest BCUT2D eigenvalue weighted by molar-refractivity contribution is -0.0689. The number of piperidine rings is 1. The molecule has 1 N–H and O–H groups in total. The minimum absolute atomic E-state index is 0.157. The number of rotatable bonds is 6. The van der Waals surface area contributed by atoms with Crippen molar-refractivity contribution in [3.8, 4) is 10.9 Å². The highest BCUT2D eigenvalue weighted by atomic mass is 32.1. The van der Waals surface area contributed by atoms with Crippen LogP contribution in [0, 0.1) is 0 Å². The highest BCUT2D eigenvalue weighted by Gasteiger charge is 2.24. The molecule has 1 amide bonds. The van der Waals surface area contributed by atoms with E-state index in [0.29, 0.717) is 11.8 Å². The monoisotopic (exact) mass is 453 g/mol. The molecule has 2 fully saturated rings. The number of hydrogen-bond acceptors (Lipinski definition) is 7. The Hall–Kier alpha value is -2.68. The topological polar surface area (TPSA) is 72.9 Å². The number of likely N-dealkylation sites (tertiary alicyclic amines) is 1. The fraction of sp³-hybridized carbons (Fsp3) is 0.417. The van der Waals surface area contributed by atoms with E-state index in [1.807, 2.05) is 30.3 Å². The molecular weight excluding hydrogens is 426 g/mol. The number of para-hydroxylation sites is 1. The van der Waals surface area contributed by atoms with Crippen molar-refractivity contribution < 1.29 is 19.0 Å². The van der Waals surface area contributed by atoms with E-state index in [-0.39, 0.29) is 18.4 Å². The van der Waals surface area contributed by atoms with Crippen LogP contribution in [0.4, 0.5) is 4.79 Å². The van der Waals surface area contributed by atoms with Crippen molar-refractivity contribution in [3.63, 3.8) is 0 Å². The van der Waals surface area contributed by atoms with Crippen LogP contribution in [-0.4, -0.2) is 48.0 Å². The van der Waals surface area contributed by atoms with Crippen LogP contribution in [0.15, 0.2) is 48.5 Å². The predicted octanol–water partition coefficient (Wildman–Crippen LogP) is 4.92. The number of alkyl carbamates (subject to hydrolysis) is 1. The van der Waals surface area contributed by atoms with E-state index < -0.39 is 0 Å². The molecule has 3 aromatic rings. The number of carbonyl (C=O) groups is 1.